The van der Waals surface area contributed by atoms with Crippen molar-refractivity contribution in [2.24, 2.45) is 0 Å². The third-order valence-electron chi connectivity index (χ3n) is 4.18. The van der Waals surface area contributed by atoms with Crippen LogP contribution >= 0.6 is 0 Å². The standard InChI is InChI=1S/C19H19NO4S/c1-25(23,24)20(17-9-3-2-4-10-17)18-12-15(14-7-5-6-8-14)11-16(13-18)19(21)22/h2-5,7,9-14H,6,8H2,1H3,(H,21,22). The van der Waals surface area contributed by atoms with Crippen LogP contribution in [0.1, 0.15) is 34.7 Å². The third-order valence-corrected chi connectivity index (χ3v) is 5.27. The number of carboxylic acids is 1. The number of carboxylic acid groups (broad SMARTS) is 1. The Balaban J connectivity index is 2.18. The fourth-order valence-corrected chi connectivity index (χ4v) is 4.09. The predicted octanol–water partition coefficient (Wildman–Crippen LogP) is 3.92. The molecule has 0 spiro atoms. The van der Waals surface area contributed by atoms with Crippen molar-refractivity contribution < 1.29 is 18.3 Å². The van der Waals surface area contributed by atoms with E-state index in [0.717, 1.165) is 24.7 Å². The summed E-state index contributed by atoms with van der Waals surface area (Å²) < 4.78 is 26.0. The maximum atomic E-state index is 12.4. The zero-order valence-electron chi connectivity index (χ0n) is 13.8. The van der Waals surface area contributed by atoms with E-state index in [4.69, 9.17) is 0 Å². The Morgan fingerprint density at radius 1 is 1.12 bits per heavy atom. The lowest BCUT2D eigenvalue weighted by Crippen LogP contribution is -2.25. The number of aromatic carboxylic acids is 1. The van der Waals surface area contributed by atoms with Crippen LogP contribution in [0.3, 0.4) is 0 Å². The van der Waals surface area contributed by atoms with E-state index in [2.05, 4.69) is 6.08 Å². The molecule has 2 aromatic carbocycles. The SMILES string of the molecule is CS(=O)(=O)N(c1ccccc1)c1cc(C(=O)O)cc(C2C=CCC2)c1. The first kappa shape index (κ1) is 17.2. The minimum Gasteiger partial charge on any atom is -0.478 e. The Bertz CT molecular complexity index is 920. The van der Waals surface area contributed by atoms with Gasteiger partial charge in [0.15, 0.2) is 0 Å². The quantitative estimate of drug-likeness (QED) is 0.823. The molecule has 0 saturated heterocycles. The van der Waals surface area contributed by atoms with Crippen molar-refractivity contribution in [3.05, 3.63) is 71.8 Å². The number of allylic oxidation sites excluding steroid dienone is 2. The largest absolute Gasteiger partial charge is 0.478 e. The molecule has 5 nitrogen and oxygen atoms in total. The molecule has 0 aliphatic heterocycles. The first-order chi connectivity index (χ1) is 11.9. The lowest BCUT2D eigenvalue weighted by atomic mass is 9.96. The average Bonchev–Trinajstić information content (AvgIpc) is 3.09. The van der Waals surface area contributed by atoms with Gasteiger partial charge in [-0.3, -0.25) is 0 Å². The topological polar surface area (TPSA) is 74.7 Å². The molecule has 2 aromatic rings. The van der Waals surface area contributed by atoms with Gasteiger partial charge in [0.05, 0.1) is 23.2 Å². The van der Waals surface area contributed by atoms with Gasteiger partial charge in [0.25, 0.3) is 0 Å². The van der Waals surface area contributed by atoms with Gasteiger partial charge in [-0.2, -0.15) is 0 Å². The summed E-state index contributed by atoms with van der Waals surface area (Å²) in [7, 11) is -3.63. The Morgan fingerprint density at radius 3 is 2.40 bits per heavy atom. The molecule has 0 radical (unpaired) electrons. The van der Waals surface area contributed by atoms with E-state index in [0.29, 0.717) is 11.4 Å². The molecule has 3 rings (SSSR count). The van der Waals surface area contributed by atoms with Crippen molar-refractivity contribution in [1.29, 1.82) is 0 Å². The van der Waals surface area contributed by atoms with E-state index in [1.165, 1.54) is 10.4 Å². The summed E-state index contributed by atoms with van der Waals surface area (Å²) >= 11 is 0. The van der Waals surface area contributed by atoms with Crippen LogP contribution in [0, 0.1) is 0 Å². The number of para-hydroxylation sites is 1. The molecular weight excluding hydrogens is 338 g/mol. The van der Waals surface area contributed by atoms with Gasteiger partial charge in [-0.1, -0.05) is 30.4 Å². The number of sulfonamides is 1. The molecule has 1 unspecified atom stereocenters. The molecule has 0 bridgehead atoms. The first-order valence-electron chi connectivity index (χ1n) is 7.96. The summed E-state index contributed by atoms with van der Waals surface area (Å²) in [5, 5.41) is 9.45. The lowest BCUT2D eigenvalue weighted by molar-refractivity contribution is 0.0696. The van der Waals surface area contributed by atoms with Gasteiger partial charge in [-0.05, 0) is 48.7 Å². The van der Waals surface area contributed by atoms with Crippen molar-refractivity contribution in [3.8, 4) is 0 Å². The highest BCUT2D eigenvalue weighted by Gasteiger charge is 2.23. The summed E-state index contributed by atoms with van der Waals surface area (Å²) in [5.41, 5.74) is 1.70. The number of anilines is 2. The first-order valence-corrected chi connectivity index (χ1v) is 9.81. The van der Waals surface area contributed by atoms with Crippen LogP contribution in [0.25, 0.3) is 0 Å². The molecular formula is C19H19NO4S. The van der Waals surface area contributed by atoms with E-state index < -0.39 is 16.0 Å². The molecule has 1 atom stereocenters. The zero-order valence-corrected chi connectivity index (χ0v) is 14.6. The number of benzene rings is 2. The molecule has 6 heteroatoms. The normalized spacial score (nSPS) is 16.8. The second-order valence-corrected chi connectivity index (χ2v) is 7.92. The summed E-state index contributed by atoms with van der Waals surface area (Å²) in [4.78, 5) is 11.5. The highest BCUT2D eigenvalue weighted by molar-refractivity contribution is 7.92. The minimum atomic E-state index is -3.63. The fourth-order valence-electron chi connectivity index (χ4n) is 3.10. The number of hydrogen-bond donors (Lipinski definition) is 1. The van der Waals surface area contributed by atoms with Crippen LogP contribution in [-0.2, 0) is 10.0 Å². The predicted molar refractivity (Wildman–Crippen MR) is 97.9 cm³/mol. The van der Waals surface area contributed by atoms with Gasteiger partial charge in [0, 0.05) is 5.92 Å². The van der Waals surface area contributed by atoms with Crippen molar-refractivity contribution in [2.75, 3.05) is 10.6 Å². The Labute approximate surface area is 147 Å². The zero-order chi connectivity index (χ0) is 18.0. The highest BCUT2D eigenvalue weighted by Crippen LogP contribution is 2.35. The second kappa shape index (κ2) is 6.72. The average molecular weight is 357 g/mol. The molecule has 0 fully saturated rings. The second-order valence-electron chi connectivity index (χ2n) is 6.09. The minimum absolute atomic E-state index is 0.0809. The monoisotopic (exact) mass is 357 g/mol. The van der Waals surface area contributed by atoms with Gasteiger partial charge >= 0.3 is 5.97 Å². The highest BCUT2D eigenvalue weighted by atomic mass is 32.2. The van der Waals surface area contributed by atoms with Crippen LogP contribution < -0.4 is 4.31 Å². The van der Waals surface area contributed by atoms with Crippen molar-refractivity contribution in [2.45, 2.75) is 18.8 Å². The Morgan fingerprint density at radius 2 is 1.84 bits per heavy atom. The Kier molecular flexibility index (Phi) is 4.63. The maximum Gasteiger partial charge on any atom is 0.335 e. The molecule has 1 N–H and O–H groups in total. The third kappa shape index (κ3) is 3.74. The van der Waals surface area contributed by atoms with Crippen LogP contribution in [0.15, 0.2) is 60.7 Å². The van der Waals surface area contributed by atoms with Gasteiger partial charge in [0.1, 0.15) is 0 Å². The molecule has 130 valence electrons. The smallest absolute Gasteiger partial charge is 0.335 e. The molecule has 1 aliphatic rings. The van der Waals surface area contributed by atoms with Gasteiger partial charge in [-0.15, -0.1) is 0 Å². The van der Waals surface area contributed by atoms with Gasteiger partial charge in [-0.25, -0.2) is 17.5 Å². The number of hydrogen-bond acceptors (Lipinski definition) is 3. The van der Waals surface area contributed by atoms with Crippen LogP contribution in [-0.4, -0.2) is 25.7 Å². The van der Waals surface area contributed by atoms with Gasteiger partial charge < -0.3 is 5.11 Å². The van der Waals surface area contributed by atoms with E-state index >= 15 is 0 Å². The van der Waals surface area contributed by atoms with Crippen molar-refractivity contribution >= 4 is 27.4 Å². The lowest BCUT2D eigenvalue weighted by Gasteiger charge is -2.24. The molecule has 1 aliphatic carbocycles. The van der Waals surface area contributed by atoms with Crippen LogP contribution in [0.4, 0.5) is 11.4 Å². The molecule has 0 aromatic heterocycles. The molecule has 0 amide bonds. The van der Waals surface area contributed by atoms with Crippen molar-refractivity contribution in [3.63, 3.8) is 0 Å². The fraction of sp³-hybridized carbons (Fsp3) is 0.211. The van der Waals surface area contributed by atoms with E-state index in [-0.39, 0.29) is 11.5 Å². The van der Waals surface area contributed by atoms with E-state index in [1.54, 1.807) is 42.5 Å². The van der Waals surface area contributed by atoms with Gasteiger partial charge in [0.2, 0.25) is 10.0 Å². The maximum absolute atomic E-state index is 12.4. The summed E-state index contributed by atoms with van der Waals surface area (Å²) in [5.74, 6) is -0.971. The number of nitrogens with zero attached hydrogens (tertiary/aromatic N) is 1. The molecule has 0 heterocycles. The van der Waals surface area contributed by atoms with Crippen molar-refractivity contribution in [1.82, 2.24) is 0 Å². The molecule has 0 saturated carbocycles. The summed E-state index contributed by atoms with van der Waals surface area (Å²) in [6.45, 7) is 0. The van der Waals surface area contributed by atoms with Crippen LogP contribution in [0.5, 0.6) is 0 Å². The van der Waals surface area contributed by atoms with Crippen LogP contribution in [0.2, 0.25) is 0 Å². The number of carbonyl (C=O) groups is 1. The summed E-state index contributed by atoms with van der Waals surface area (Å²) in [6.07, 6.45) is 7.04. The molecule has 25 heavy (non-hydrogen) atoms. The Hall–Kier alpha value is -2.60. The van der Waals surface area contributed by atoms with E-state index in [1.807, 2.05) is 6.08 Å². The number of rotatable bonds is 5. The summed E-state index contributed by atoms with van der Waals surface area (Å²) in [6, 6.07) is 13.4. The van der Waals surface area contributed by atoms with E-state index in [9.17, 15) is 18.3 Å².